The molecule has 1 atom stereocenters. The predicted molar refractivity (Wildman–Crippen MR) is 218 cm³/mol. The second-order valence-electron chi connectivity index (χ2n) is 15.1. The van der Waals surface area contributed by atoms with Gasteiger partial charge in [0.05, 0.1) is 6.54 Å². The van der Waals surface area contributed by atoms with Crippen molar-refractivity contribution >= 4 is 23.9 Å². The van der Waals surface area contributed by atoms with E-state index in [1.165, 1.54) is 45.2 Å². The Hall–Kier alpha value is -5.04. The number of aliphatic hydroxyl groups is 1. The number of aliphatic carboxylic acids is 1. The van der Waals surface area contributed by atoms with Crippen LogP contribution in [0.4, 0.5) is 13.2 Å². The van der Waals surface area contributed by atoms with Crippen molar-refractivity contribution in [3.05, 3.63) is 126 Å². The maximum Gasteiger partial charge on any atom is 0.490 e. The van der Waals surface area contributed by atoms with Gasteiger partial charge in [-0.25, -0.2) is 4.79 Å². The molecular formula is C46H54F3N3O6. The lowest BCUT2D eigenvalue weighted by Gasteiger charge is -2.32. The van der Waals surface area contributed by atoms with Crippen molar-refractivity contribution in [2.24, 2.45) is 11.8 Å². The number of allylic oxidation sites excluding steroid dienone is 1. The van der Waals surface area contributed by atoms with E-state index in [1.807, 2.05) is 96.8 Å². The lowest BCUT2D eigenvalue weighted by Crippen LogP contribution is -2.38. The van der Waals surface area contributed by atoms with Gasteiger partial charge in [-0.3, -0.25) is 9.59 Å². The first-order valence-corrected chi connectivity index (χ1v) is 20.1. The quantitative estimate of drug-likeness (QED) is 0.117. The van der Waals surface area contributed by atoms with E-state index in [0.29, 0.717) is 24.4 Å². The van der Waals surface area contributed by atoms with Crippen LogP contribution in [0, 0.1) is 11.8 Å². The molecule has 0 aromatic heterocycles. The Labute approximate surface area is 338 Å². The normalized spacial score (nSPS) is 19.0. The fraction of sp³-hybridized carbons (Fsp3) is 0.413. The summed E-state index contributed by atoms with van der Waals surface area (Å²) >= 11 is 0. The van der Waals surface area contributed by atoms with Gasteiger partial charge in [-0.15, -0.1) is 0 Å². The molecule has 2 heterocycles. The Morgan fingerprint density at radius 1 is 0.914 bits per heavy atom. The summed E-state index contributed by atoms with van der Waals surface area (Å²) in [5, 5.41) is 21.3. The Kier molecular flexibility index (Phi) is 16.0. The van der Waals surface area contributed by atoms with Crippen LogP contribution in [0.1, 0.15) is 79.8 Å². The average molecular weight is 802 g/mol. The molecular weight excluding hydrogens is 748 g/mol. The van der Waals surface area contributed by atoms with Crippen molar-refractivity contribution in [3.8, 4) is 11.1 Å². The van der Waals surface area contributed by atoms with E-state index in [9.17, 15) is 27.9 Å². The van der Waals surface area contributed by atoms with Gasteiger partial charge in [-0.2, -0.15) is 13.2 Å². The summed E-state index contributed by atoms with van der Waals surface area (Å²) in [6.45, 7) is 6.54. The molecule has 3 N–H and O–H groups in total. The molecule has 1 aliphatic carbocycles. The number of halogens is 3. The SMILES string of the molecule is CCOC1(O)C=CC(N(Cc2cccc(-c3cccc(C(=O)N4CCC(CCCC5CCNCC5)CC4)c3)c2)C(=O)C=Cc2ccccc2)=CC1.O=C(O)C(F)(F)F. The van der Waals surface area contributed by atoms with Crippen molar-refractivity contribution in [3.63, 3.8) is 0 Å². The third-order valence-corrected chi connectivity index (χ3v) is 10.8. The standard InChI is InChI=1S/C44H53N3O4.C2HF3O2/c1-2-51-44(50)25-19-41(20-26-44)47(42(48)18-17-34-9-4-3-5-10-34)33-37-13-7-14-38(31-37)39-15-8-16-40(32-39)43(49)46-29-23-36(24-30-46)12-6-11-35-21-27-45-28-22-35;3-2(4,5)1(6)7/h3-5,7-10,13-20,25,31-32,35-36,45,50H,2,6,11-12,21-24,26-30,33H2,1H3;(H,6,7). The van der Waals surface area contributed by atoms with Crippen LogP contribution < -0.4 is 5.32 Å². The molecule has 12 heteroatoms. The minimum Gasteiger partial charge on any atom is -0.475 e. The number of piperidine rings is 2. The zero-order chi connectivity index (χ0) is 41.5. The molecule has 2 saturated heterocycles. The van der Waals surface area contributed by atoms with Crippen molar-refractivity contribution in [2.75, 3.05) is 32.8 Å². The molecule has 1 unspecified atom stereocenters. The molecule has 2 amide bonds. The van der Waals surface area contributed by atoms with Gasteiger partial charge in [0.15, 0.2) is 5.79 Å². The van der Waals surface area contributed by atoms with E-state index in [1.54, 1.807) is 23.1 Å². The highest BCUT2D eigenvalue weighted by molar-refractivity contribution is 5.95. The number of carboxylic acids is 1. The lowest BCUT2D eigenvalue weighted by molar-refractivity contribution is -0.192. The number of benzene rings is 3. The van der Waals surface area contributed by atoms with Crippen LogP contribution in [0.15, 0.2) is 109 Å². The number of likely N-dealkylation sites (tertiary alicyclic amines) is 1. The molecule has 3 aliphatic rings. The predicted octanol–water partition coefficient (Wildman–Crippen LogP) is 8.62. The number of amides is 2. The highest BCUT2D eigenvalue weighted by Crippen LogP contribution is 2.30. The van der Waals surface area contributed by atoms with Gasteiger partial charge in [-0.1, -0.05) is 86.0 Å². The van der Waals surface area contributed by atoms with E-state index < -0.39 is 17.9 Å². The van der Waals surface area contributed by atoms with Gasteiger partial charge >= 0.3 is 12.1 Å². The van der Waals surface area contributed by atoms with E-state index in [2.05, 4.69) is 11.4 Å². The maximum atomic E-state index is 13.7. The number of carbonyl (C=O) groups is 3. The van der Waals surface area contributed by atoms with E-state index >= 15 is 0 Å². The fourth-order valence-corrected chi connectivity index (χ4v) is 7.61. The van der Waals surface area contributed by atoms with Crippen LogP contribution in [0.2, 0.25) is 0 Å². The Morgan fingerprint density at radius 3 is 2.17 bits per heavy atom. The van der Waals surface area contributed by atoms with Crippen LogP contribution in [-0.2, 0) is 20.9 Å². The number of ether oxygens (including phenoxy) is 1. The molecule has 310 valence electrons. The Morgan fingerprint density at radius 2 is 1.55 bits per heavy atom. The Bertz CT molecular complexity index is 1920. The number of carbonyl (C=O) groups excluding carboxylic acids is 2. The first kappa shape index (κ1) is 44.1. The van der Waals surface area contributed by atoms with Crippen LogP contribution >= 0.6 is 0 Å². The number of rotatable bonds is 13. The molecule has 9 nitrogen and oxygen atoms in total. The van der Waals surface area contributed by atoms with Crippen LogP contribution in [0.5, 0.6) is 0 Å². The summed E-state index contributed by atoms with van der Waals surface area (Å²) in [7, 11) is 0. The van der Waals surface area contributed by atoms with Gasteiger partial charge in [-0.05, 0) is 116 Å². The molecule has 0 radical (unpaired) electrons. The van der Waals surface area contributed by atoms with Gasteiger partial charge in [0, 0.05) is 43.5 Å². The summed E-state index contributed by atoms with van der Waals surface area (Å²) in [5.74, 6) is -2.59. The van der Waals surface area contributed by atoms with E-state index in [4.69, 9.17) is 14.6 Å². The second-order valence-corrected chi connectivity index (χ2v) is 15.1. The zero-order valence-electron chi connectivity index (χ0n) is 33.0. The van der Waals surface area contributed by atoms with Crippen molar-refractivity contribution < 1.29 is 42.5 Å². The molecule has 2 aliphatic heterocycles. The van der Waals surface area contributed by atoms with Gasteiger partial charge in [0.2, 0.25) is 0 Å². The minimum absolute atomic E-state index is 0.103. The van der Waals surface area contributed by atoms with Gasteiger partial charge in [0.25, 0.3) is 11.8 Å². The number of hydrogen-bond donors (Lipinski definition) is 3. The molecule has 0 bridgehead atoms. The molecule has 3 aromatic rings. The highest BCUT2D eigenvalue weighted by Gasteiger charge is 2.38. The number of hydrogen-bond acceptors (Lipinski definition) is 6. The molecule has 6 rings (SSSR count). The summed E-state index contributed by atoms with van der Waals surface area (Å²) < 4.78 is 37.3. The van der Waals surface area contributed by atoms with Crippen LogP contribution in [0.25, 0.3) is 17.2 Å². The first-order chi connectivity index (χ1) is 27.8. The number of nitrogens with one attached hydrogen (secondary N) is 1. The zero-order valence-corrected chi connectivity index (χ0v) is 33.0. The van der Waals surface area contributed by atoms with Crippen molar-refractivity contribution in [1.82, 2.24) is 15.1 Å². The van der Waals surface area contributed by atoms with E-state index in [-0.39, 0.29) is 18.2 Å². The average Bonchev–Trinajstić information content (AvgIpc) is 3.23. The van der Waals surface area contributed by atoms with E-state index in [0.717, 1.165) is 60.0 Å². The first-order valence-electron chi connectivity index (χ1n) is 20.1. The number of carboxylic acid groups (broad SMARTS) is 1. The minimum atomic E-state index is -5.08. The third kappa shape index (κ3) is 13.3. The largest absolute Gasteiger partial charge is 0.490 e. The van der Waals surface area contributed by atoms with Crippen LogP contribution in [-0.4, -0.2) is 82.5 Å². The highest BCUT2D eigenvalue weighted by atomic mass is 19.4. The smallest absolute Gasteiger partial charge is 0.475 e. The topological polar surface area (TPSA) is 119 Å². The molecule has 58 heavy (non-hydrogen) atoms. The maximum absolute atomic E-state index is 13.7. The summed E-state index contributed by atoms with van der Waals surface area (Å²) in [4.78, 5) is 40.0. The molecule has 3 aromatic carbocycles. The van der Waals surface area contributed by atoms with Crippen molar-refractivity contribution in [2.45, 2.75) is 76.8 Å². The van der Waals surface area contributed by atoms with Crippen molar-refractivity contribution in [1.29, 1.82) is 0 Å². The number of alkyl halides is 3. The molecule has 0 spiro atoms. The number of nitrogens with zero attached hydrogens (tertiary/aromatic N) is 2. The van der Waals surface area contributed by atoms with Gasteiger partial charge < -0.3 is 30.1 Å². The fourth-order valence-electron chi connectivity index (χ4n) is 7.61. The molecule has 2 fully saturated rings. The van der Waals surface area contributed by atoms with Crippen LogP contribution in [0.3, 0.4) is 0 Å². The third-order valence-electron chi connectivity index (χ3n) is 10.8. The lowest BCUT2D eigenvalue weighted by atomic mass is 9.87. The molecule has 0 saturated carbocycles. The summed E-state index contributed by atoms with van der Waals surface area (Å²) in [5.41, 5.74) is 5.26. The Balaban J connectivity index is 0.000000839. The van der Waals surface area contributed by atoms with Gasteiger partial charge in [0.1, 0.15) is 0 Å². The summed E-state index contributed by atoms with van der Waals surface area (Å²) in [6, 6.07) is 25.8. The monoisotopic (exact) mass is 801 g/mol. The summed E-state index contributed by atoms with van der Waals surface area (Å²) in [6.07, 6.45) is 12.5. The second kappa shape index (κ2) is 21.1.